The van der Waals surface area contributed by atoms with E-state index in [2.05, 4.69) is 19.9 Å². The van der Waals surface area contributed by atoms with Gasteiger partial charge in [0.05, 0.1) is 11.3 Å². The van der Waals surface area contributed by atoms with Crippen LogP contribution in [0, 0.1) is 6.92 Å². The number of rotatable bonds is 3. The van der Waals surface area contributed by atoms with Crippen LogP contribution in [0.1, 0.15) is 18.3 Å². The molecule has 11 heteroatoms. The van der Waals surface area contributed by atoms with E-state index in [0.717, 1.165) is 6.07 Å². The van der Waals surface area contributed by atoms with Crippen molar-refractivity contribution >= 4 is 21.0 Å². The monoisotopic (exact) mass is 385 g/mol. The molecule has 3 aromatic rings. The van der Waals surface area contributed by atoms with E-state index in [-0.39, 0.29) is 33.3 Å². The Bertz CT molecular complexity index is 1110. The normalized spacial score (nSPS) is 12.7. The highest BCUT2D eigenvalue weighted by Gasteiger charge is 2.32. The molecule has 0 radical (unpaired) electrons. The lowest BCUT2D eigenvalue weighted by molar-refractivity contribution is -0.137. The van der Waals surface area contributed by atoms with Gasteiger partial charge in [0.2, 0.25) is 0 Å². The van der Waals surface area contributed by atoms with Crippen molar-refractivity contribution in [2.75, 3.05) is 5.75 Å². The molecule has 0 aliphatic heterocycles. The fourth-order valence-electron chi connectivity index (χ4n) is 2.45. The quantitative estimate of drug-likeness (QED) is 0.688. The summed E-state index contributed by atoms with van der Waals surface area (Å²) in [6.07, 6.45) is -2.66. The van der Waals surface area contributed by atoms with Gasteiger partial charge in [-0.3, -0.25) is 0 Å². The van der Waals surface area contributed by atoms with Crippen LogP contribution in [0.15, 0.2) is 23.4 Å². The Hall–Kier alpha value is -2.56. The average molecular weight is 385 g/mol. The maximum absolute atomic E-state index is 12.9. The lowest BCUT2D eigenvalue weighted by atomic mass is 10.2. The van der Waals surface area contributed by atoms with Crippen molar-refractivity contribution in [3.8, 4) is 11.5 Å². The molecule has 0 amide bonds. The number of sulfone groups is 1. The molecule has 3 heterocycles. The predicted molar refractivity (Wildman–Crippen MR) is 87.0 cm³/mol. The third kappa shape index (κ3) is 3.02. The molecule has 3 aromatic heterocycles. The van der Waals surface area contributed by atoms with Crippen LogP contribution < -0.4 is 0 Å². The largest absolute Gasteiger partial charge is 0.417 e. The van der Waals surface area contributed by atoms with E-state index in [9.17, 15) is 21.6 Å². The molecule has 138 valence electrons. The van der Waals surface area contributed by atoms with Crippen molar-refractivity contribution in [1.29, 1.82) is 0 Å². The van der Waals surface area contributed by atoms with Gasteiger partial charge in [-0.15, -0.1) is 0 Å². The Kier molecular flexibility index (Phi) is 4.21. The Morgan fingerprint density at radius 1 is 1.15 bits per heavy atom. The first-order valence-electron chi connectivity index (χ1n) is 7.51. The number of halogens is 3. The van der Waals surface area contributed by atoms with Gasteiger partial charge in [0, 0.05) is 19.4 Å². The minimum absolute atomic E-state index is 0.00608. The lowest BCUT2D eigenvalue weighted by Gasteiger charge is -2.08. The van der Waals surface area contributed by atoms with Crippen LogP contribution >= 0.6 is 0 Å². The Morgan fingerprint density at radius 3 is 2.46 bits per heavy atom. The van der Waals surface area contributed by atoms with Crippen LogP contribution in [0.2, 0.25) is 0 Å². The number of nitrogens with zero attached hydrogens (tertiary/aromatic N) is 5. The fourth-order valence-corrected chi connectivity index (χ4v) is 3.40. The molecule has 0 fully saturated rings. The predicted octanol–water partition coefficient (Wildman–Crippen LogP) is 2.55. The summed E-state index contributed by atoms with van der Waals surface area (Å²) >= 11 is 0. The van der Waals surface area contributed by atoms with Crippen molar-refractivity contribution in [2.45, 2.75) is 24.9 Å². The maximum Gasteiger partial charge on any atom is 0.417 e. The van der Waals surface area contributed by atoms with Crippen LogP contribution in [-0.2, 0) is 23.1 Å². The molecule has 0 aliphatic carbocycles. The third-order valence-corrected chi connectivity index (χ3v) is 5.57. The molecule has 0 saturated heterocycles. The highest BCUT2D eigenvalue weighted by atomic mass is 32.2. The third-order valence-electron chi connectivity index (χ3n) is 3.84. The van der Waals surface area contributed by atoms with Gasteiger partial charge < -0.3 is 4.57 Å². The van der Waals surface area contributed by atoms with Crippen molar-refractivity contribution in [3.63, 3.8) is 0 Å². The summed E-state index contributed by atoms with van der Waals surface area (Å²) in [5.74, 6) is 0.239. The summed E-state index contributed by atoms with van der Waals surface area (Å²) in [6, 6.07) is 0.869. The van der Waals surface area contributed by atoms with E-state index in [1.54, 1.807) is 6.92 Å². The summed E-state index contributed by atoms with van der Waals surface area (Å²) in [7, 11) is -2.13. The molecule has 0 N–H and O–H groups in total. The highest BCUT2D eigenvalue weighted by molar-refractivity contribution is 7.91. The fraction of sp³-hybridized carbons (Fsp3) is 0.333. The number of pyridine rings is 1. The van der Waals surface area contributed by atoms with Crippen molar-refractivity contribution in [2.24, 2.45) is 7.05 Å². The van der Waals surface area contributed by atoms with E-state index >= 15 is 0 Å². The average Bonchev–Trinajstić information content (AvgIpc) is 2.90. The van der Waals surface area contributed by atoms with Crippen LogP contribution in [0.5, 0.6) is 0 Å². The van der Waals surface area contributed by atoms with Crippen molar-refractivity contribution in [3.05, 3.63) is 29.8 Å². The van der Waals surface area contributed by atoms with E-state index < -0.39 is 21.6 Å². The van der Waals surface area contributed by atoms with Gasteiger partial charge >= 0.3 is 6.18 Å². The van der Waals surface area contributed by atoms with Crippen LogP contribution in [0.3, 0.4) is 0 Å². The molecule has 0 spiro atoms. The first kappa shape index (κ1) is 18.2. The minimum Gasteiger partial charge on any atom is -0.310 e. The number of aromatic nitrogens is 5. The molecular formula is C15H14F3N5O2S. The van der Waals surface area contributed by atoms with Crippen LogP contribution in [0.4, 0.5) is 13.2 Å². The van der Waals surface area contributed by atoms with Gasteiger partial charge in [-0.1, -0.05) is 6.92 Å². The number of hydrogen-bond donors (Lipinski definition) is 0. The molecular weight excluding hydrogens is 371 g/mol. The Labute approximate surface area is 146 Å². The topological polar surface area (TPSA) is 90.6 Å². The molecule has 0 unspecified atom stereocenters. The highest BCUT2D eigenvalue weighted by Crippen LogP contribution is 2.32. The molecule has 0 atom stereocenters. The van der Waals surface area contributed by atoms with Gasteiger partial charge in [0.15, 0.2) is 21.3 Å². The standard InChI is InChI=1S/C15H14F3N5O2S/c1-4-26(24,25)11-7-19-8(2)21-12(11)14-22-10-5-9(15(16,17)18)6-20-13(10)23(14)3/h5-7H,4H2,1-3H3. The Morgan fingerprint density at radius 2 is 1.85 bits per heavy atom. The second-order valence-corrected chi connectivity index (χ2v) is 7.84. The molecule has 26 heavy (non-hydrogen) atoms. The second kappa shape index (κ2) is 6.01. The molecule has 3 rings (SSSR count). The number of hydrogen-bond acceptors (Lipinski definition) is 6. The smallest absolute Gasteiger partial charge is 0.310 e. The van der Waals surface area contributed by atoms with Gasteiger partial charge in [-0.2, -0.15) is 13.2 Å². The number of aryl methyl sites for hydroxylation is 2. The Balaban J connectivity index is 2.30. The number of fused-ring (bicyclic) bond motifs is 1. The zero-order chi connectivity index (χ0) is 19.3. The summed E-state index contributed by atoms with van der Waals surface area (Å²) < 4.78 is 64.8. The van der Waals surface area contributed by atoms with Crippen LogP contribution in [-0.4, -0.2) is 38.7 Å². The van der Waals surface area contributed by atoms with E-state index in [0.29, 0.717) is 12.0 Å². The number of imidazole rings is 1. The minimum atomic E-state index is -4.55. The summed E-state index contributed by atoms with van der Waals surface area (Å²) in [6.45, 7) is 3.06. The number of alkyl halides is 3. The summed E-state index contributed by atoms with van der Waals surface area (Å²) in [5, 5.41) is 0. The van der Waals surface area contributed by atoms with Gasteiger partial charge in [-0.05, 0) is 13.0 Å². The molecule has 0 bridgehead atoms. The molecule has 7 nitrogen and oxygen atoms in total. The van der Waals surface area contributed by atoms with Gasteiger partial charge in [0.25, 0.3) is 0 Å². The van der Waals surface area contributed by atoms with Crippen molar-refractivity contribution in [1.82, 2.24) is 24.5 Å². The van der Waals surface area contributed by atoms with Gasteiger partial charge in [0.1, 0.15) is 21.9 Å². The SMILES string of the molecule is CCS(=O)(=O)c1cnc(C)nc1-c1nc2cc(C(F)(F)F)cnc2n1C. The van der Waals surface area contributed by atoms with Crippen molar-refractivity contribution < 1.29 is 21.6 Å². The zero-order valence-electron chi connectivity index (χ0n) is 14.0. The van der Waals surface area contributed by atoms with E-state index in [4.69, 9.17) is 0 Å². The lowest BCUT2D eigenvalue weighted by Crippen LogP contribution is -2.10. The first-order chi connectivity index (χ1) is 12.0. The van der Waals surface area contributed by atoms with Crippen LogP contribution in [0.25, 0.3) is 22.7 Å². The zero-order valence-corrected chi connectivity index (χ0v) is 14.9. The van der Waals surface area contributed by atoms with E-state index in [1.807, 2.05) is 0 Å². The van der Waals surface area contributed by atoms with E-state index in [1.165, 1.54) is 24.7 Å². The molecule has 0 aromatic carbocycles. The first-order valence-corrected chi connectivity index (χ1v) is 9.16. The summed E-state index contributed by atoms with van der Waals surface area (Å²) in [4.78, 5) is 15.9. The summed E-state index contributed by atoms with van der Waals surface area (Å²) in [5.41, 5.74) is -0.721. The van der Waals surface area contributed by atoms with Gasteiger partial charge in [-0.25, -0.2) is 28.4 Å². The molecule has 0 saturated carbocycles. The maximum atomic E-state index is 12.9. The second-order valence-electron chi connectivity index (χ2n) is 5.59. The molecule has 0 aliphatic rings.